The topological polar surface area (TPSA) is 49.3 Å². The smallest absolute Gasteiger partial charge is 0.396 e. The molecule has 24 heavy (non-hydrogen) atoms. The minimum Gasteiger partial charge on any atom is -0.396 e. The lowest BCUT2D eigenvalue weighted by atomic mass is 9.86. The zero-order valence-corrected chi connectivity index (χ0v) is 13.8. The van der Waals surface area contributed by atoms with Crippen molar-refractivity contribution >= 4 is 5.91 Å². The van der Waals surface area contributed by atoms with Gasteiger partial charge in [-0.1, -0.05) is 19.1 Å². The van der Waals surface area contributed by atoms with Gasteiger partial charge in [-0.25, -0.2) is 0 Å². The van der Waals surface area contributed by atoms with E-state index in [1.165, 1.54) is 12.1 Å². The second kappa shape index (κ2) is 8.01. The normalized spacial score (nSPS) is 22.9. The van der Waals surface area contributed by atoms with Crippen molar-refractivity contribution < 1.29 is 23.1 Å². The van der Waals surface area contributed by atoms with Gasteiger partial charge < -0.3 is 10.4 Å². The fourth-order valence-corrected chi connectivity index (χ4v) is 3.11. The summed E-state index contributed by atoms with van der Waals surface area (Å²) in [4.78, 5) is 12.3. The Morgan fingerprint density at radius 1 is 1.21 bits per heavy atom. The van der Waals surface area contributed by atoms with E-state index in [-0.39, 0.29) is 24.5 Å². The van der Waals surface area contributed by atoms with Crippen LogP contribution in [0.5, 0.6) is 0 Å². The molecule has 1 aromatic carbocycles. The van der Waals surface area contributed by atoms with E-state index in [0.29, 0.717) is 12.3 Å². The molecule has 1 saturated carbocycles. The van der Waals surface area contributed by atoms with Gasteiger partial charge in [0, 0.05) is 18.6 Å². The van der Waals surface area contributed by atoms with E-state index in [1.54, 1.807) is 6.92 Å². The van der Waals surface area contributed by atoms with Crippen LogP contribution in [0.15, 0.2) is 24.3 Å². The molecule has 1 aromatic rings. The Kier molecular flexibility index (Phi) is 6.27. The Morgan fingerprint density at radius 3 is 2.29 bits per heavy atom. The summed E-state index contributed by atoms with van der Waals surface area (Å²) in [5.41, 5.74) is 0.0404. The van der Waals surface area contributed by atoms with E-state index in [0.717, 1.165) is 43.4 Å². The van der Waals surface area contributed by atoms with Crippen LogP contribution in [0.1, 0.15) is 43.7 Å². The summed E-state index contributed by atoms with van der Waals surface area (Å²) in [6, 6.07) is 5.10. The van der Waals surface area contributed by atoms with E-state index in [4.69, 9.17) is 5.11 Å². The standard InChI is InChI=1S/C18H24F3NO2/c1-12(10-13-2-6-15(7-3-13)18(19,20)21)17(24)22-16-8-4-14(11-23)5-9-16/h2-3,6-7,12,14,16,23H,4-5,8-11H2,1H3,(H,22,24). The van der Waals surface area contributed by atoms with Crippen molar-refractivity contribution in [1.82, 2.24) is 5.32 Å². The number of alkyl halides is 3. The molecule has 0 bridgehead atoms. The van der Waals surface area contributed by atoms with Crippen molar-refractivity contribution in [3.8, 4) is 0 Å². The molecule has 1 fully saturated rings. The van der Waals surface area contributed by atoms with Crippen LogP contribution in [-0.4, -0.2) is 23.7 Å². The summed E-state index contributed by atoms with van der Waals surface area (Å²) in [7, 11) is 0. The summed E-state index contributed by atoms with van der Waals surface area (Å²) in [5.74, 6) is -0.0256. The first kappa shape index (κ1) is 18.8. The zero-order valence-electron chi connectivity index (χ0n) is 13.8. The lowest BCUT2D eigenvalue weighted by Crippen LogP contribution is -2.41. The molecular formula is C18H24F3NO2. The van der Waals surface area contributed by atoms with Gasteiger partial charge in [0.25, 0.3) is 0 Å². The maximum atomic E-state index is 12.5. The number of carbonyl (C=O) groups is 1. The van der Waals surface area contributed by atoms with Crippen LogP contribution in [0.25, 0.3) is 0 Å². The third-order valence-corrected chi connectivity index (χ3v) is 4.72. The first-order chi connectivity index (χ1) is 11.3. The van der Waals surface area contributed by atoms with Crippen molar-refractivity contribution in [1.29, 1.82) is 0 Å². The fraction of sp³-hybridized carbons (Fsp3) is 0.611. The highest BCUT2D eigenvalue weighted by molar-refractivity contribution is 5.78. The van der Waals surface area contributed by atoms with E-state index in [9.17, 15) is 18.0 Å². The number of aliphatic hydroxyl groups excluding tert-OH is 1. The largest absolute Gasteiger partial charge is 0.416 e. The third kappa shape index (κ3) is 5.23. The van der Waals surface area contributed by atoms with Gasteiger partial charge in [-0.3, -0.25) is 4.79 Å². The van der Waals surface area contributed by atoms with Crippen LogP contribution in [0.3, 0.4) is 0 Å². The molecule has 1 aliphatic rings. The molecule has 0 aliphatic heterocycles. The Bertz CT molecular complexity index is 534. The molecule has 1 atom stereocenters. The summed E-state index contributed by atoms with van der Waals surface area (Å²) < 4.78 is 37.6. The number of carbonyl (C=O) groups excluding carboxylic acids is 1. The van der Waals surface area contributed by atoms with Crippen molar-refractivity contribution in [3.05, 3.63) is 35.4 Å². The molecule has 2 N–H and O–H groups in total. The molecule has 1 amide bonds. The maximum absolute atomic E-state index is 12.5. The van der Waals surface area contributed by atoms with Gasteiger partial charge in [-0.15, -0.1) is 0 Å². The summed E-state index contributed by atoms with van der Waals surface area (Å²) in [6.07, 6.45) is -0.373. The highest BCUT2D eigenvalue weighted by Gasteiger charge is 2.30. The number of nitrogens with one attached hydrogen (secondary N) is 1. The number of hydrogen-bond donors (Lipinski definition) is 2. The van der Waals surface area contributed by atoms with Crippen LogP contribution in [0.2, 0.25) is 0 Å². The van der Waals surface area contributed by atoms with Gasteiger partial charge in [0.2, 0.25) is 5.91 Å². The number of hydrogen-bond acceptors (Lipinski definition) is 2. The predicted molar refractivity (Wildman–Crippen MR) is 85.3 cm³/mol. The second-order valence-electron chi connectivity index (χ2n) is 6.71. The molecule has 0 spiro atoms. The molecule has 0 aromatic heterocycles. The van der Waals surface area contributed by atoms with Crippen molar-refractivity contribution in [2.75, 3.05) is 6.61 Å². The Balaban J connectivity index is 1.83. The molecular weight excluding hydrogens is 319 g/mol. The Labute approximate surface area is 140 Å². The van der Waals surface area contributed by atoms with E-state index in [1.807, 2.05) is 0 Å². The summed E-state index contributed by atoms with van der Waals surface area (Å²) in [5, 5.41) is 12.1. The summed E-state index contributed by atoms with van der Waals surface area (Å²) >= 11 is 0. The Morgan fingerprint density at radius 2 is 1.79 bits per heavy atom. The average Bonchev–Trinajstić information content (AvgIpc) is 2.55. The molecule has 0 saturated heterocycles. The highest BCUT2D eigenvalue weighted by Crippen LogP contribution is 2.29. The Hall–Kier alpha value is -1.56. The van der Waals surface area contributed by atoms with Crippen molar-refractivity contribution in [2.24, 2.45) is 11.8 Å². The molecule has 1 aliphatic carbocycles. The molecule has 6 heteroatoms. The number of amides is 1. The monoisotopic (exact) mass is 343 g/mol. The quantitative estimate of drug-likeness (QED) is 0.859. The SMILES string of the molecule is CC(Cc1ccc(C(F)(F)F)cc1)C(=O)NC1CCC(CO)CC1. The molecule has 0 radical (unpaired) electrons. The number of benzene rings is 1. The van der Waals surface area contributed by atoms with Crippen LogP contribution in [0, 0.1) is 11.8 Å². The number of rotatable bonds is 5. The number of aliphatic hydroxyl groups is 1. The first-order valence-electron chi connectivity index (χ1n) is 8.37. The van der Waals surface area contributed by atoms with Gasteiger partial charge in [0.05, 0.1) is 5.56 Å². The lowest BCUT2D eigenvalue weighted by molar-refractivity contribution is -0.137. The average molecular weight is 343 g/mol. The maximum Gasteiger partial charge on any atom is 0.416 e. The molecule has 1 unspecified atom stereocenters. The van der Waals surface area contributed by atoms with E-state index in [2.05, 4.69) is 5.32 Å². The van der Waals surface area contributed by atoms with E-state index < -0.39 is 11.7 Å². The minimum absolute atomic E-state index is 0.0673. The van der Waals surface area contributed by atoms with Gasteiger partial charge in [-0.05, 0) is 55.7 Å². The minimum atomic E-state index is -4.34. The van der Waals surface area contributed by atoms with Crippen molar-refractivity contribution in [2.45, 2.75) is 51.2 Å². The van der Waals surface area contributed by atoms with Crippen LogP contribution in [-0.2, 0) is 17.4 Å². The highest BCUT2D eigenvalue weighted by atomic mass is 19.4. The number of halogens is 3. The predicted octanol–water partition coefficient (Wildman–Crippen LogP) is 3.55. The van der Waals surface area contributed by atoms with Gasteiger partial charge >= 0.3 is 6.18 Å². The third-order valence-electron chi connectivity index (χ3n) is 4.72. The molecule has 3 nitrogen and oxygen atoms in total. The summed E-state index contributed by atoms with van der Waals surface area (Å²) in [6.45, 7) is 1.98. The van der Waals surface area contributed by atoms with Gasteiger partial charge in [0.15, 0.2) is 0 Å². The van der Waals surface area contributed by atoms with Crippen LogP contribution < -0.4 is 5.32 Å². The fourth-order valence-electron chi connectivity index (χ4n) is 3.11. The van der Waals surface area contributed by atoms with Crippen molar-refractivity contribution in [3.63, 3.8) is 0 Å². The molecule has 0 heterocycles. The van der Waals surface area contributed by atoms with Gasteiger partial charge in [-0.2, -0.15) is 13.2 Å². The zero-order chi connectivity index (χ0) is 17.7. The first-order valence-corrected chi connectivity index (χ1v) is 8.37. The van der Waals surface area contributed by atoms with Crippen LogP contribution in [0.4, 0.5) is 13.2 Å². The molecule has 134 valence electrons. The lowest BCUT2D eigenvalue weighted by Gasteiger charge is -2.28. The van der Waals surface area contributed by atoms with Crippen LogP contribution >= 0.6 is 0 Å². The molecule has 2 rings (SSSR count). The van der Waals surface area contributed by atoms with Gasteiger partial charge in [0.1, 0.15) is 0 Å². The second-order valence-corrected chi connectivity index (χ2v) is 6.71. The van der Waals surface area contributed by atoms with E-state index >= 15 is 0 Å².